The van der Waals surface area contributed by atoms with Crippen molar-refractivity contribution in [2.24, 2.45) is 5.92 Å². The van der Waals surface area contributed by atoms with Gasteiger partial charge in [-0.05, 0) is 38.6 Å². The summed E-state index contributed by atoms with van der Waals surface area (Å²) in [6.45, 7) is 3.04. The molecule has 0 atom stereocenters. The highest BCUT2D eigenvalue weighted by molar-refractivity contribution is 5.81. The van der Waals surface area contributed by atoms with Crippen LogP contribution in [0.15, 0.2) is 0 Å². The van der Waals surface area contributed by atoms with Crippen molar-refractivity contribution in [3.05, 3.63) is 0 Å². The Morgan fingerprint density at radius 3 is 2.79 bits per heavy atom. The molecule has 1 aliphatic heterocycles. The lowest BCUT2D eigenvalue weighted by Gasteiger charge is -2.24. The van der Waals surface area contributed by atoms with Crippen molar-refractivity contribution >= 4 is 5.91 Å². The summed E-state index contributed by atoms with van der Waals surface area (Å²) in [6.07, 6.45) is 5.93. The number of nitrogens with zero attached hydrogens (tertiary/aromatic N) is 1. The predicted molar refractivity (Wildman–Crippen MR) is 53.9 cm³/mol. The van der Waals surface area contributed by atoms with Gasteiger partial charge in [0.2, 0.25) is 5.91 Å². The SMILES string of the molecule is O=C(C1CC1)N1CCCNC2(CC2)C1. The number of hydrogen-bond donors (Lipinski definition) is 1. The van der Waals surface area contributed by atoms with Crippen LogP contribution in [0.5, 0.6) is 0 Å². The van der Waals surface area contributed by atoms with Gasteiger partial charge in [-0.3, -0.25) is 4.79 Å². The van der Waals surface area contributed by atoms with E-state index in [0.717, 1.165) is 38.9 Å². The molecule has 0 bridgehead atoms. The van der Waals surface area contributed by atoms with Gasteiger partial charge in [-0.25, -0.2) is 0 Å². The van der Waals surface area contributed by atoms with Gasteiger partial charge in [0.05, 0.1) is 0 Å². The van der Waals surface area contributed by atoms with E-state index >= 15 is 0 Å². The zero-order valence-electron chi connectivity index (χ0n) is 8.59. The normalized spacial score (nSPS) is 30.1. The molecule has 1 amide bonds. The molecule has 3 heteroatoms. The molecule has 1 saturated heterocycles. The Labute approximate surface area is 84.8 Å². The number of rotatable bonds is 1. The highest BCUT2D eigenvalue weighted by Gasteiger charge is 2.46. The minimum Gasteiger partial charge on any atom is -0.341 e. The van der Waals surface area contributed by atoms with Crippen LogP contribution in [0.3, 0.4) is 0 Å². The largest absolute Gasteiger partial charge is 0.341 e. The van der Waals surface area contributed by atoms with Crippen molar-refractivity contribution in [2.75, 3.05) is 19.6 Å². The Kier molecular flexibility index (Phi) is 1.84. The third-order valence-electron chi connectivity index (χ3n) is 3.69. The maximum Gasteiger partial charge on any atom is 0.225 e. The Morgan fingerprint density at radius 1 is 1.36 bits per heavy atom. The topological polar surface area (TPSA) is 32.3 Å². The van der Waals surface area contributed by atoms with Gasteiger partial charge in [-0.2, -0.15) is 0 Å². The molecule has 0 aromatic carbocycles. The van der Waals surface area contributed by atoms with Crippen molar-refractivity contribution < 1.29 is 4.79 Å². The van der Waals surface area contributed by atoms with Crippen LogP contribution in [0, 0.1) is 5.92 Å². The van der Waals surface area contributed by atoms with Gasteiger partial charge in [0.1, 0.15) is 0 Å². The molecule has 3 fully saturated rings. The molecule has 3 aliphatic rings. The van der Waals surface area contributed by atoms with Crippen LogP contribution in [0.4, 0.5) is 0 Å². The van der Waals surface area contributed by atoms with Gasteiger partial charge in [-0.15, -0.1) is 0 Å². The van der Waals surface area contributed by atoms with Gasteiger partial charge < -0.3 is 10.2 Å². The molecule has 3 rings (SSSR count). The fourth-order valence-electron chi connectivity index (χ4n) is 2.39. The van der Waals surface area contributed by atoms with Crippen LogP contribution in [0.25, 0.3) is 0 Å². The summed E-state index contributed by atoms with van der Waals surface area (Å²) in [5, 5.41) is 3.58. The van der Waals surface area contributed by atoms with Gasteiger partial charge >= 0.3 is 0 Å². The van der Waals surface area contributed by atoms with Gasteiger partial charge in [0, 0.05) is 24.5 Å². The minimum absolute atomic E-state index is 0.334. The molecule has 1 spiro atoms. The second-order valence-electron chi connectivity index (χ2n) is 5.09. The highest BCUT2D eigenvalue weighted by Crippen LogP contribution is 2.39. The first-order valence-electron chi connectivity index (χ1n) is 5.83. The molecule has 0 unspecified atom stereocenters. The fraction of sp³-hybridized carbons (Fsp3) is 0.909. The third-order valence-corrected chi connectivity index (χ3v) is 3.69. The first-order chi connectivity index (χ1) is 6.79. The van der Waals surface area contributed by atoms with Crippen molar-refractivity contribution in [2.45, 2.75) is 37.6 Å². The lowest BCUT2D eigenvalue weighted by Crippen LogP contribution is -2.42. The van der Waals surface area contributed by atoms with E-state index in [2.05, 4.69) is 10.2 Å². The molecule has 0 aromatic rings. The highest BCUT2D eigenvalue weighted by atomic mass is 16.2. The summed E-state index contributed by atoms with van der Waals surface area (Å²) in [5.74, 6) is 0.823. The quantitative estimate of drug-likeness (QED) is 0.668. The maximum absolute atomic E-state index is 11.9. The van der Waals surface area contributed by atoms with Gasteiger partial charge in [0.15, 0.2) is 0 Å². The number of nitrogens with one attached hydrogen (secondary N) is 1. The smallest absolute Gasteiger partial charge is 0.225 e. The van der Waals surface area contributed by atoms with Crippen molar-refractivity contribution in [1.29, 1.82) is 0 Å². The Hall–Kier alpha value is -0.570. The van der Waals surface area contributed by atoms with E-state index in [1.54, 1.807) is 0 Å². The van der Waals surface area contributed by atoms with Crippen molar-refractivity contribution in [3.63, 3.8) is 0 Å². The molecular weight excluding hydrogens is 176 g/mol. The Bertz CT molecular complexity index is 256. The van der Waals surface area contributed by atoms with Crippen molar-refractivity contribution in [3.8, 4) is 0 Å². The third kappa shape index (κ3) is 1.54. The van der Waals surface area contributed by atoms with Crippen LogP contribution in [-0.4, -0.2) is 36.0 Å². The van der Waals surface area contributed by atoms with E-state index in [9.17, 15) is 4.79 Å². The van der Waals surface area contributed by atoms with Crippen LogP contribution in [-0.2, 0) is 4.79 Å². The second kappa shape index (κ2) is 2.96. The van der Waals surface area contributed by atoms with Gasteiger partial charge in [0.25, 0.3) is 0 Å². The van der Waals surface area contributed by atoms with E-state index in [-0.39, 0.29) is 0 Å². The van der Waals surface area contributed by atoms with E-state index in [1.165, 1.54) is 12.8 Å². The zero-order valence-corrected chi connectivity index (χ0v) is 8.59. The molecule has 1 N–H and O–H groups in total. The molecule has 3 nitrogen and oxygen atoms in total. The number of carbonyl (C=O) groups excluding carboxylic acids is 1. The molecular formula is C11H18N2O. The van der Waals surface area contributed by atoms with E-state index in [1.807, 2.05) is 0 Å². The number of amides is 1. The van der Waals surface area contributed by atoms with E-state index < -0.39 is 0 Å². The molecule has 1 heterocycles. The molecule has 2 aliphatic carbocycles. The summed E-state index contributed by atoms with van der Waals surface area (Å²) in [5.41, 5.74) is 0.334. The van der Waals surface area contributed by atoms with Crippen molar-refractivity contribution in [1.82, 2.24) is 10.2 Å². The molecule has 14 heavy (non-hydrogen) atoms. The standard InChI is InChI=1S/C11H18N2O/c14-10(9-2-3-9)13-7-1-6-12-11(8-13)4-5-11/h9,12H,1-8H2. The lowest BCUT2D eigenvalue weighted by molar-refractivity contribution is -0.132. The first-order valence-corrected chi connectivity index (χ1v) is 5.83. The molecule has 0 radical (unpaired) electrons. The summed E-state index contributed by atoms with van der Waals surface area (Å²) in [6, 6.07) is 0. The fourth-order valence-corrected chi connectivity index (χ4v) is 2.39. The molecule has 2 saturated carbocycles. The number of carbonyl (C=O) groups is 1. The van der Waals surface area contributed by atoms with E-state index in [0.29, 0.717) is 17.4 Å². The zero-order chi connectivity index (χ0) is 9.60. The average Bonchev–Trinajstić information content (AvgIpc) is 3.02. The molecule has 0 aromatic heterocycles. The predicted octanol–water partition coefficient (Wildman–Crippen LogP) is 0.751. The lowest BCUT2D eigenvalue weighted by atomic mass is 10.2. The maximum atomic E-state index is 11.9. The number of hydrogen-bond acceptors (Lipinski definition) is 2. The summed E-state index contributed by atoms with van der Waals surface area (Å²) >= 11 is 0. The summed E-state index contributed by atoms with van der Waals surface area (Å²) < 4.78 is 0. The first kappa shape index (κ1) is 8.72. The monoisotopic (exact) mass is 194 g/mol. The van der Waals surface area contributed by atoms with Crippen LogP contribution in [0.1, 0.15) is 32.1 Å². The molecule has 78 valence electrons. The minimum atomic E-state index is 0.334. The van der Waals surface area contributed by atoms with Gasteiger partial charge in [-0.1, -0.05) is 0 Å². The summed E-state index contributed by atoms with van der Waals surface area (Å²) in [4.78, 5) is 14.0. The van der Waals surface area contributed by atoms with E-state index in [4.69, 9.17) is 0 Å². The van der Waals surface area contributed by atoms with Crippen LogP contribution in [0.2, 0.25) is 0 Å². The second-order valence-corrected chi connectivity index (χ2v) is 5.09. The summed E-state index contributed by atoms with van der Waals surface area (Å²) in [7, 11) is 0. The average molecular weight is 194 g/mol. The van der Waals surface area contributed by atoms with Crippen LogP contribution >= 0.6 is 0 Å². The Balaban J connectivity index is 1.68. The Morgan fingerprint density at radius 2 is 2.14 bits per heavy atom. The van der Waals surface area contributed by atoms with Crippen LogP contribution < -0.4 is 5.32 Å².